The first-order valence-electron chi connectivity index (χ1n) is 5.78. The Morgan fingerprint density at radius 3 is 2.39 bits per heavy atom. The summed E-state index contributed by atoms with van der Waals surface area (Å²) < 4.78 is 12.9. The zero-order valence-electron chi connectivity index (χ0n) is 10.7. The standard InChI is InChI=1S/C13H16FN3S/c1-4-17(11-7-5-10(14)6-8-11)12-9-15-13(18-12)16(2)3/h5-9H,4H2,1-3H3. The van der Waals surface area contributed by atoms with Gasteiger partial charge in [0.05, 0.1) is 6.20 Å². The molecule has 0 radical (unpaired) electrons. The predicted molar refractivity (Wildman–Crippen MR) is 75.5 cm³/mol. The van der Waals surface area contributed by atoms with E-state index in [1.165, 1.54) is 12.1 Å². The summed E-state index contributed by atoms with van der Waals surface area (Å²) in [6.45, 7) is 2.89. The van der Waals surface area contributed by atoms with Crippen molar-refractivity contribution in [3.8, 4) is 0 Å². The van der Waals surface area contributed by atoms with Crippen LogP contribution in [-0.4, -0.2) is 25.6 Å². The lowest BCUT2D eigenvalue weighted by Gasteiger charge is -2.20. The Morgan fingerprint density at radius 2 is 1.89 bits per heavy atom. The molecular weight excluding hydrogens is 249 g/mol. The molecule has 0 aliphatic rings. The van der Waals surface area contributed by atoms with Crippen LogP contribution in [0.4, 0.5) is 20.2 Å². The average Bonchev–Trinajstić information content (AvgIpc) is 2.82. The Hall–Kier alpha value is -1.62. The molecule has 1 heterocycles. The number of thiazole rings is 1. The average molecular weight is 265 g/mol. The van der Waals surface area contributed by atoms with Crippen LogP contribution in [0, 0.1) is 5.82 Å². The molecule has 0 unspecified atom stereocenters. The molecule has 0 fully saturated rings. The molecule has 0 bridgehead atoms. The molecule has 5 heteroatoms. The minimum Gasteiger partial charge on any atom is -0.354 e. The fraction of sp³-hybridized carbons (Fsp3) is 0.308. The van der Waals surface area contributed by atoms with Gasteiger partial charge in [-0.25, -0.2) is 9.37 Å². The van der Waals surface area contributed by atoms with Crippen molar-refractivity contribution in [2.45, 2.75) is 6.92 Å². The number of halogens is 1. The monoisotopic (exact) mass is 265 g/mol. The largest absolute Gasteiger partial charge is 0.354 e. The molecule has 1 aromatic carbocycles. The molecule has 96 valence electrons. The second kappa shape index (κ2) is 5.35. The lowest BCUT2D eigenvalue weighted by atomic mass is 10.3. The van der Waals surface area contributed by atoms with E-state index in [1.54, 1.807) is 23.5 Å². The highest BCUT2D eigenvalue weighted by molar-refractivity contribution is 7.19. The molecule has 0 N–H and O–H groups in total. The maximum atomic E-state index is 12.9. The summed E-state index contributed by atoms with van der Waals surface area (Å²) in [6.07, 6.45) is 1.85. The third kappa shape index (κ3) is 2.61. The first-order valence-corrected chi connectivity index (χ1v) is 6.59. The smallest absolute Gasteiger partial charge is 0.186 e. The molecule has 2 rings (SSSR count). The summed E-state index contributed by atoms with van der Waals surface area (Å²) in [5.74, 6) is -0.215. The molecule has 0 amide bonds. The lowest BCUT2D eigenvalue weighted by Crippen LogP contribution is -2.14. The van der Waals surface area contributed by atoms with Gasteiger partial charge in [0.15, 0.2) is 5.13 Å². The van der Waals surface area contributed by atoms with Gasteiger partial charge in [-0.1, -0.05) is 11.3 Å². The maximum absolute atomic E-state index is 12.9. The van der Waals surface area contributed by atoms with Gasteiger partial charge in [-0.05, 0) is 31.2 Å². The highest BCUT2D eigenvalue weighted by Crippen LogP contribution is 2.33. The van der Waals surface area contributed by atoms with E-state index in [0.717, 1.165) is 22.4 Å². The van der Waals surface area contributed by atoms with Gasteiger partial charge in [-0.15, -0.1) is 0 Å². The van der Waals surface area contributed by atoms with E-state index in [4.69, 9.17) is 0 Å². The molecule has 0 atom stereocenters. The molecule has 1 aromatic heterocycles. The summed E-state index contributed by atoms with van der Waals surface area (Å²) in [7, 11) is 3.94. The topological polar surface area (TPSA) is 19.4 Å². The van der Waals surface area contributed by atoms with E-state index in [0.29, 0.717) is 0 Å². The van der Waals surface area contributed by atoms with Crippen molar-refractivity contribution in [3.05, 3.63) is 36.3 Å². The SMILES string of the molecule is CCN(c1ccc(F)cc1)c1cnc(N(C)C)s1. The predicted octanol–water partition coefficient (Wildman–Crippen LogP) is 3.51. The van der Waals surface area contributed by atoms with E-state index in [9.17, 15) is 4.39 Å². The van der Waals surface area contributed by atoms with Gasteiger partial charge < -0.3 is 9.80 Å². The molecule has 3 nitrogen and oxygen atoms in total. The number of anilines is 3. The summed E-state index contributed by atoms with van der Waals surface area (Å²) >= 11 is 1.62. The molecule has 0 spiro atoms. The van der Waals surface area contributed by atoms with Crippen molar-refractivity contribution in [1.82, 2.24) is 4.98 Å². The third-order valence-corrected chi connectivity index (χ3v) is 3.77. The number of nitrogens with zero attached hydrogens (tertiary/aromatic N) is 3. The highest BCUT2D eigenvalue weighted by Gasteiger charge is 2.12. The van der Waals surface area contributed by atoms with Crippen LogP contribution in [-0.2, 0) is 0 Å². The van der Waals surface area contributed by atoms with Gasteiger partial charge >= 0.3 is 0 Å². The van der Waals surface area contributed by atoms with Crippen LogP contribution < -0.4 is 9.80 Å². The van der Waals surface area contributed by atoms with Crippen molar-refractivity contribution in [3.63, 3.8) is 0 Å². The van der Waals surface area contributed by atoms with Crippen LogP contribution in [0.3, 0.4) is 0 Å². The maximum Gasteiger partial charge on any atom is 0.186 e. The van der Waals surface area contributed by atoms with Crippen molar-refractivity contribution in [1.29, 1.82) is 0 Å². The van der Waals surface area contributed by atoms with Crippen LogP contribution >= 0.6 is 11.3 Å². The molecule has 0 aliphatic heterocycles. The molecule has 2 aromatic rings. The summed E-state index contributed by atoms with van der Waals surface area (Å²) in [6, 6.07) is 6.53. The van der Waals surface area contributed by atoms with Crippen molar-refractivity contribution < 1.29 is 4.39 Å². The number of benzene rings is 1. The van der Waals surface area contributed by atoms with Crippen LogP contribution in [0.2, 0.25) is 0 Å². The zero-order chi connectivity index (χ0) is 13.1. The fourth-order valence-electron chi connectivity index (χ4n) is 1.67. The first-order chi connectivity index (χ1) is 8.61. The van der Waals surface area contributed by atoms with Gasteiger partial charge in [0.25, 0.3) is 0 Å². The highest BCUT2D eigenvalue weighted by atomic mass is 32.1. The molecule has 0 saturated carbocycles. The van der Waals surface area contributed by atoms with Crippen LogP contribution in [0.1, 0.15) is 6.92 Å². The van der Waals surface area contributed by atoms with Crippen molar-refractivity contribution in [2.24, 2.45) is 0 Å². The summed E-state index contributed by atoms with van der Waals surface area (Å²) in [5, 5.41) is 2.03. The number of rotatable bonds is 4. The van der Waals surface area contributed by atoms with E-state index in [1.807, 2.05) is 25.2 Å². The Labute approximate surface area is 110 Å². The van der Waals surface area contributed by atoms with Gasteiger partial charge in [-0.3, -0.25) is 0 Å². The first kappa shape index (κ1) is 12.8. The van der Waals surface area contributed by atoms with Gasteiger partial charge in [0.2, 0.25) is 0 Å². The van der Waals surface area contributed by atoms with E-state index < -0.39 is 0 Å². The molecule has 0 saturated heterocycles. The molecular formula is C13H16FN3S. The van der Waals surface area contributed by atoms with Gasteiger partial charge in [-0.2, -0.15) is 0 Å². The molecule has 18 heavy (non-hydrogen) atoms. The quantitative estimate of drug-likeness (QED) is 0.843. The van der Waals surface area contributed by atoms with E-state index in [-0.39, 0.29) is 5.82 Å². The Kier molecular flexibility index (Phi) is 3.81. The number of hydrogen-bond acceptors (Lipinski definition) is 4. The van der Waals surface area contributed by atoms with E-state index in [2.05, 4.69) is 16.8 Å². The Balaban J connectivity index is 2.29. The summed E-state index contributed by atoms with van der Waals surface area (Å²) in [4.78, 5) is 8.45. The normalized spacial score (nSPS) is 10.4. The lowest BCUT2D eigenvalue weighted by molar-refractivity contribution is 0.628. The Bertz CT molecular complexity index is 507. The van der Waals surface area contributed by atoms with E-state index >= 15 is 0 Å². The van der Waals surface area contributed by atoms with Crippen LogP contribution in [0.5, 0.6) is 0 Å². The number of aromatic nitrogens is 1. The minimum absolute atomic E-state index is 0.215. The minimum atomic E-state index is -0.215. The second-order valence-corrected chi connectivity index (χ2v) is 5.08. The van der Waals surface area contributed by atoms with Gasteiger partial charge in [0, 0.05) is 26.3 Å². The van der Waals surface area contributed by atoms with Crippen LogP contribution in [0.15, 0.2) is 30.5 Å². The molecule has 0 aliphatic carbocycles. The van der Waals surface area contributed by atoms with Crippen molar-refractivity contribution in [2.75, 3.05) is 30.4 Å². The zero-order valence-corrected chi connectivity index (χ0v) is 11.5. The fourth-order valence-corrected chi connectivity index (χ4v) is 2.60. The number of hydrogen-bond donors (Lipinski definition) is 0. The Morgan fingerprint density at radius 1 is 1.22 bits per heavy atom. The third-order valence-electron chi connectivity index (χ3n) is 2.58. The second-order valence-electron chi connectivity index (χ2n) is 4.10. The van der Waals surface area contributed by atoms with Gasteiger partial charge in [0.1, 0.15) is 10.8 Å². The summed E-state index contributed by atoms with van der Waals surface area (Å²) in [5.41, 5.74) is 0.979. The van der Waals surface area contributed by atoms with Crippen LogP contribution in [0.25, 0.3) is 0 Å². The van der Waals surface area contributed by atoms with Crippen molar-refractivity contribution >= 4 is 27.2 Å².